The first kappa shape index (κ1) is 17.5. The quantitative estimate of drug-likeness (QED) is 0.624. The molecular weight excluding hydrogens is 316 g/mol. The van der Waals surface area contributed by atoms with Gasteiger partial charge in [0, 0.05) is 30.2 Å². The minimum absolute atomic E-state index is 0. The molecule has 7 heteroatoms. The van der Waals surface area contributed by atoms with E-state index in [1.165, 1.54) is 27.3 Å². The predicted molar refractivity (Wildman–Crippen MR) is 73.2 cm³/mol. The molecule has 1 amide bonds. The molecule has 1 aromatic rings. The number of pyridine rings is 1. The van der Waals surface area contributed by atoms with Crippen molar-refractivity contribution in [1.29, 1.82) is 0 Å². The molecule has 1 aromatic heterocycles. The summed E-state index contributed by atoms with van der Waals surface area (Å²) in [5.41, 5.74) is 0.692. The van der Waals surface area contributed by atoms with Gasteiger partial charge in [-0.15, -0.1) is 0 Å². The molecule has 0 bridgehead atoms. The van der Waals surface area contributed by atoms with Gasteiger partial charge in [0.2, 0.25) is 0 Å². The van der Waals surface area contributed by atoms with Crippen LogP contribution in [-0.4, -0.2) is 36.1 Å². The van der Waals surface area contributed by atoms with E-state index in [9.17, 15) is 9.59 Å². The highest BCUT2D eigenvalue weighted by Gasteiger charge is 2.18. The van der Waals surface area contributed by atoms with Crippen molar-refractivity contribution in [2.45, 2.75) is 21.0 Å². The normalized spacial score (nSPS) is 9.47. The molecule has 0 saturated carbocycles. The Bertz CT molecular complexity index is 465. The number of aromatic nitrogens is 1. The van der Waals surface area contributed by atoms with E-state index in [0.29, 0.717) is 10.0 Å². The van der Waals surface area contributed by atoms with Gasteiger partial charge in [-0.05, 0) is 22.0 Å². The largest absolute Gasteiger partial charge is 0.461 e. The number of carbonyl (C=O) groups is 2. The van der Waals surface area contributed by atoms with Crippen LogP contribution in [0.4, 0.5) is 0 Å². The van der Waals surface area contributed by atoms with E-state index >= 15 is 0 Å². The second kappa shape index (κ2) is 7.85. The summed E-state index contributed by atoms with van der Waals surface area (Å²) in [6, 6.07) is 1.67. The topological polar surface area (TPSA) is 68.7 Å². The lowest BCUT2D eigenvalue weighted by atomic mass is 10.2. The second-order valence-electron chi connectivity index (χ2n) is 3.43. The first-order valence-electron chi connectivity index (χ1n) is 5.05. The molecule has 0 atom stereocenters. The van der Waals surface area contributed by atoms with E-state index in [1.807, 2.05) is 0 Å². The number of hydroxylamine groups is 2. The van der Waals surface area contributed by atoms with Gasteiger partial charge in [-0.25, -0.2) is 10.0 Å². The number of rotatable bonds is 4. The smallest absolute Gasteiger partial charge is 0.302 e. The van der Waals surface area contributed by atoms with Gasteiger partial charge in [-0.2, -0.15) is 0 Å². The lowest BCUT2D eigenvalue weighted by molar-refractivity contribution is -0.142. The molecule has 0 unspecified atom stereocenters. The van der Waals surface area contributed by atoms with Gasteiger partial charge in [0.25, 0.3) is 5.91 Å². The van der Waals surface area contributed by atoms with Crippen molar-refractivity contribution in [3.63, 3.8) is 0 Å². The maximum atomic E-state index is 11.9. The van der Waals surface area contributed by atoms with E-state index in [4.69, 9.17) is 9.57 Å². The molecular formula is C12H17BrN2O4. The molecule has 0 spiro atoms. The summed E-state index contributed by atoms with van der Waals surface area (Å²) in [7, 11) is 2.85. The van der Waals surface area contributed by atoms with Crippen molar-refractivity contribution in [3.05, 3.63) is 28.0 Å². The molecule has 0 aromatic carbocycles. The zero-order valence-corrected chi connectivity index (χ0v) is 11.9. The van der Waals surface area contributed by atoms with Crippen molar-refractivity contribution in [1.82, 2.24) is 10.0 Å². The van der Waals surface area contributed by atoms with Crippen LogP contribution in [0.2, 0.25) is 0 Å². The number of esters is 1. The number of ether oxygens (including phenoxy) is 1. The molecule has 0 saturated heterocycles. The van der Waals surface area contributed by atoms with E-state index in [0.717, 1.165) is 5.06 Å². The number of nitrogens with zero attached hydrogens (tertiary/aromatic N) is 2. The van der Waals surface area contributed by atoms with Gasteiger partial charge < -0.3 is 4.74 Å². The first-order valence-corrected chi connectivity index (χ1v) is 5.85. The Kier molecular flexibility index (Phi) is 7.25. The minimum Gasteiger partial charge on any atom is -0.461 e. The Morgan fingerprint density at radius 1 is 1.47 bits per heavy atom. The van der Waals surface area contributed by atoms with Crippen LogP contribution in [-0.2, 0) is 21.0 Å². The SMILES string of the molecule is C.CON(C)C(=O)c1ncc(Br)cc1COC(C)=O. The highest BCUT2D eigenvalue weighted by atomic mass is 79.9. The molecule has 19 heavy (non-hydrogen) atoms. The highest BCUT2D eigenvalue weighted by Crippen LogP contribution is 2.16. The summed E-state index contributed by atoms with van der Waals surface area (Å²) in [4.78, 5) is 31.6. The fraction of sp³-hybridized carbons (Fsp3) is 0.417. The Hall–Kier alpha value is -1.47. The molecule has 106 valence electrons. The van der Waals surface area contributed by atoms with Crippen molar-refractivity contribution in [2.75, 3.05) is 14.2 Å². The molecule has 0 aliphatic carbocycles. The van der Waals surface area contributed by atoms with Gasteiger partial charge >= 0.3 is 5.97 Å². The fourth-order valence-electron chi connectivity index (χ4n) is 1.20. The maximum absolute atomic E-state index is 11.9. The monoisotopic (exact) mass is 332 g/mol. The first-order chi connectivity index (χ1) is 8.45. The maximum Gasteiger partial charge on any atom is 0.302 e. The van der Waals surface area contributed by atoms with Crippen LogP contribution < -0.4 is 0 Å². The van der Waals surface area contributed by atoms with Crippen LogP contribution in [0.1, 0.15) is 30.4 Å². The average molecular weight is 333 g/mol. The summed E-state index contributed by atoms with van der Waals surface area (Å²) >= 11 is 3.25. The zero-order valence-electron chi connectivity index (χ0n) is 10.3. The van der Waals surface area contributed by atoms with E-state index in [2.05, 4.69) is 20.9 Å². The number of halogens is 1. The summed E-state index contributed by atoms with van der Waals surface area (Å²) < 4.78 is 5.57. The van der Waals surface area contributed by atoms with Gasteiger partial charge in [0.1, 0.15) is 12.3 Å². The number of hydrogen-bond acceptors (Lipinski definition) is 5. The van der Waals surface area contributed by atoms with Gasteiger partial charge in [-0.1, -0.05) is 7.43 Å². The molecule has 0 fully saturated rings. The zero-order chi connectivity index (χ0) is 13.7. The summed E-state index contributed by atoms with van der Waals surface area (Å²) in [5.74, 6) is -0.833. The number of hydrogen-bond donors (Lipinski definition) is 0. The Morgan fingerprint density at radius 3 is 2.63 bits per heavy atom. The van der Waals surface area contributed by atoms with Crippen LogP contribution in [0.25, 0.3) is 0 Å². The van der Waals surface area contributed by atoms with Crippen molar-refractivity contribution in [3.8, 4) is 0 Å². The van der Waals surface area contributed by atoms with Crippen molar-refractivity contribution in [2.24, 2.45) is 0 Å². The lowest BCUT2D eigenvalue weighted by Gasteiger charge is -2.15. The molecule has 0 radical (unpaired) electrons. The Balaban J connectivity index is 0.00000324. The molecule has 0 aliphatic heterocycles. The molecule has 1 rings (SSSR count). The van der Waals surface area contributed by atoms with Crippen LogP contribution in [0.15, 0.2) is 16.7 Å². The third-order valence-electron chi connectivity index (χ3n) is 2.13. The standard InChI is InChI=1S/C11H13BrN2O4.CH4/c1-7(15)18-6-8-4-9(12)5-13-10(8)11(16)14(2)17-3;/h4-5H,6H2,1-3H3;1H4. The molecule has 6 nitrogen and oxygen atoms in total. The Labute approximate surface area is 120 Å². The lowest BCUT2D eigenvalue weighted by Crippen LogP contribution is -2.27. The van der Waals surface area contributed by atoms with E-state index in [1.54, 1.807) is 6.07 Å². The van der Waals surface area contributed by atoms with Crippen LogP contribution >= 0.6 is 15.9 Å². The van der Waals surface area contributed by atoms with E-state index < -0.39 is 11.9 Å². The van der Waals surface area contributed by atoms with Crippen LogP contribution in [0.3, 0.4) is 0 Å². The molecule has 0 aliphatic rings. The average Bonchev–Trinajstić information content (AvgIpc) is 2.34. The molecule has 0 N–H and O–H groups in total. The number of amides is 1. The van der Waals surface area contributed by atoms with Crippen molar-refractivity contribution < 1.29 is 19.2 Å². The van der Waals surface area contributed by atoms with Gasteiger partial charge in [-0.3, -0.25) is 14.4 Å². The Morgan fingerprint density at radius 2 is 2.11 bits per heavy atom. The summed E-state index contributed by atoms with van der Waals surface area (Å²) in [5, 5.41) is 1.05. The van der Waals surface area contributed by atoms with Gasteiger partial charge in [0.15, 0.2) is 0 Å². The summed E-state index contributed by atoms with van der Waals surface area (Å²) in [6.07, 6.45) is 1.49. The molecule has 1 heterocycles. The number of carbonyl (C=O) groups excluding carboxylic acids is 2. The van der Waals surface area contributed by atoms with Gasteiger partial charge in [0.05, 0.1) is 7.11 Å². The third kappa shape index (κ3) is 4.96. The predicted octanol–water partition coefficient (Wildman–Crippen LogP) is 2.18. The third-order valence-corrected chi connectivity index (χ3v) is 2.56. The second-order valence-corrected chi connectivity index (χ2v) is 4.34. The highest BCUT2D eigenvalue weighted by molar-refractivity contribution is 9.10. The van der Waals surface area contributed by atoms with E-state index in [-0.39, 0.29) is 19.7 Å². The summed E-state index contributed by atoms with van der Waals surface area (Å²) in [6.45, 7) is 1.29. The minimum atomic E-state index is -0.423. The van der Waals surface area contributed by atoms with Crippen molar-refractivity contribution >= 4 is 27.8 Å². The fourth-order valence-corrected chi connectivity index (χ4v) is 1.57. The van der Waals surface area contributed by atoms with Crippen LogP contribution in [0.5, 0.6) is 0 Å². The van der Waals surface area contributed by atoms with Crippen LogP contribution in [0, 0.1) is 0 Å².